The third-order valence-electron chi connectivity index (χ3n) is 2.90. The fourth-order valence-electron chi connectivity index (χ4n) is 1.78. The van der Waals surface area contributed by atoms with E-state index in [0.717, 1.165) is 17.5 Å². The van der Waals surface area contributed by atoms with Crippen LogP contribution in [0.4, 0.5) is 0 Å². The van der Waals surface area contributed by atoms with Crippen molar-refractivity contribution in [2.45, 2.75) is 37.9 Å². The van der Waals surface area contributed by atoms with Crippen LogP contribution in [0.15, 0.2) is 17.6 Å². The number of carbonyl (C=O) groups excluding carboxylic acids is 1. The van der Waals surface area contributed by atoms with E-state index in [4.69, 9.17) is 4.74 Å². The summed E-state index contributed by atoms with van der Waals surface area (Å²) in [6.45, 7) is 6.86. The van der Waals surface area contributed by atoms with Crippen molar-refractivity contribution in [3.63, 3.8) is 0 Å². The molecule has 0 saturated heterocycles. The minimum Gasteiger partial charge on any atom is -0.465 e. The van der Waals surface area contributed by atoms with Gasteiger partial charge in [-0.05, 0) is 26.8 Å². The SMILES string of the molecule is CCNC(C)(CCSc1nccn1C)C(=O)OCC. The van der Waals surface area contributed by atoms with E-state index in [1.165, 1.54) is 0 Å². The Hall–Kier alpha value is -1.01. The average Bonchev–Trinajstić information content (AvgIpc) is 2.76. The Morgan fingerprint density at radius 3 is 2.84 bits per heavy atom. The lowest BCUT2D eigenvalue weighted by Crippen LogP contribution is -2.50. The van der Waals surface area contributed by atoms with Gasteiger partial charge < -0.3 is 14.6 Å². The lowest BCUT2D eigenvalue weighted by Gasteiger charge is -2.27. The Balaban J connectivity index is 2.54. The minimum atomic E-state index is -0.622. The molecule has 1 unspecified atom stereocenters. The molecule has 1 heterocycles. The molecule has 0 spiro atoms. The summed E-state index contributed by atoms with van der Waals surface area (Å²) < 4.78 is 7.11. The molecule has 108 valence electrons. The number of thioether (sulfide) groups is 1. The first kappa shape index (κ1) is 16.0. The lowest BCUT2D eigenvalue weighted by atomic mass is 9.99. The summed E-state index contributed by atoms with van der Waals surface area (Å²) >= 11 is 1.65. The predicted molar refractivity (Wildman–Crippen MR) is 77.3 cm³/mol. The first-order valence-electron chi connectivity index (χ1n) is 6.56. The summed E-state index contributed by atoms with van der Waals surface area (Å²) in [5.74, 6) is 0.630. The molecule has 0 aliphatic heterocycles. The topological polar surface area (TPSA) is 56.2 Å². The van der Waals surface area contributed by atoms with Gasteiger partial charge in [0.15, 0.2) is 5.16 Å². The summed E-state index contributed by atoms with van der Waals surface area (Å²) in [5.41, 5.74) is -0.622. The van der Waals surface area contributed by atoms with Crippen LogP contribution in [0.2, 0.25) is 0 Å². The van der Waals surface area contributed by atoms with Gasteiger partial charge in [0.25, 0.3) is 0 Å². The summed E-state index contributed by atoms with van der Waals surface area (Å²) in [6.07, 6.45) is 4.39. The van der Waals surface area contributed by atoms with Gasteiger partial charge in [-0.25, -0.2) is 4.98 Å². The van der Waals surface area contributed by atoms with Crippen molar-refractivity contribution in [1.82, 2.24) is 14.9 Å². The second-order valence-electron chi connectivity index (χ2n) is 4.50. The quantitative estimate of drug-likeness (QED) is 0.583. The molecular weight excluding hydrogens is 262 g/mol. The first-order chi connectivity index (χ1) is 9.03. The largest absolute Gasteiger partial charge is 0.465 e. The van der Waals surface area contributed by atoms with E-state index in [-0.39, 0.29) is 5.97 Å². The highest BCUT2D eigenvalue weighted by molar-refractivity contribution is 7.99. The van der Waals surface area contributed by atoms with E-state index in [1.807, 2.05) is 38.6 Å². The first-order valence-corrected chi connectivity index (χ1v) is 7.54. The van der Waals surface area contributed by atoms with Crippen molar-refractivity contribution in [3.05, 3.63) is 12.4 Å². The number of esters is 1. The van der Waals surface area contributed by atoms with Crippen LogP contribution in [0.5, 0.6) is 0 Å². The Kier molecular flexibility index (Phi) is 6.37. The molecule has 0 bridgehead atoms. The van der Waals surface area contributed by atoms with Crippen LogP contribution in [-0.4, -0.2) is 40.0 Å². The molecule has 0 aromatic carbocycles. The zero-order chi connectivity index (χ0) is 14.3. The molecular formula is C13H23N3O2S. The van der Waals surface area contributed by atoms with Gasteiger partial charge in [0.1, 0.15) is 5.54 Å². The highest BCUT2D eigenvalue weighted by Crippen LogP contribution is 2.21. The van der Waals surface area contributed by atoms with Gasteiger partial charge in [0.2, 0.25) is 0 Å². The van der Waals surface area contributed by atoms with E-state index >= 15 is 0 Å². The zero-order valence-corrected chi connectivity index (χ0v) is 12.9. The number of carbonyl (C=O) groups is 1. The Morgan fingerprint density at radius 1 is 1.58 bits per heavy atom. The van der Waals surface area contributed by atoms with E-state index < -0.39 is 5.54 Å². The van der Waals surface area contributed by atoms with Crippen LogP contribution < -0.4 is 5.32 Å². The van der Waals surface area contributed by atoms with Gasteiger partial charge in [-0.1, -0.05) is 18.7 Å². The van der Waals surface area contributed by atoms with Gasteiger partial charge in [-0.15, -0.1) is 0 Å². The van der Waals surface area contributed by atoms with Crippen molar-refractivity contribution in [1.29, 1.82) is 0 Å². The van der Waals surface area contributed by atoms with Crippen LogP contribution in [0, 0.1) is 0 Å². The number of hydrogen-bond acceptors (Lipinski definition) is 5. The maximum absolute atomic E-state index is 12.0. The number of aryl methyl sites for hydroxylation is 1. The molecule has 6 heteroatoms. The van der Waals surface area contributed by atoms with E-state index in [0.29, 0.717) is 13.0 Å². The Bertz CT molecular complexity index is 408. The molecule has 0 radical (unpaired) electrons. The number of imidazole rings is 1. The van der Waals surface area contributed by atoms with Gasteiger partial charge in [0.05, 0.1) is 6.61 Å². The molecule has 0 fully saturated rings. The van der Waals surface area contributed by atoms with E-state index in [9.17, 15) is 4.79 Å². The molecule has 1 N–H and O–H groups in total. The molecule has 1 aromatic heterocycles. The predicted octanol–water partition coefficient (Wildman–Crippen LogP) is 1.83. The van der Waals surface area contributed by atoms with Crippen molar-refractivity contribution >= 4 is 17.7 Å². The number of nitrogens with one attached hydrogen (secondary N) is 1. The number of ether oxygens (including phenoxy) is 1. The number of likely N-dealkylation sites (N-methyl/N-ethyl adjacent to an activating group) is 1. The average molecular weight is 285 g/mol. The molecule has 1 rings (SSSR count). The molecule has 0 amide bonds. The summed E-state index contributed by atoms with van der Waals surface area (Å²) in [7, 11) is 1.96. The van der Waals surface area contributed by atoms with E-state index in [1.54, 1.807) is 18.0 Å². The number of rotatable bonds is 8. The molecule has 0 aliphatic carbocycles. The lowest BCUT2D eigenvalue weighted by molar-refractivity contribution is -0.150. The second kappa shape index (κ2) is 7.55. The minimum absolute atomic E-state index is 0.183. The fraction of sp³-hybridized carbons (Fsp3) is 0.692. The van der Waals surface area contributed by atoms with Gasteiger partial charge in [0, 0.05) is 25.2 Å². The van der Waals surface area contributed by atoms with Gasteiger partial charge >= 0.3 is 5.97 Å². The highest BCUT2D eigenvalue weighted by atomic mass is 32.2. The molecule has 0 saturated carbocycles. The summed E-state index contributed by atoms with van der Waals surface area (Å²) in [6, 6.07) is 0. The van der Waals surface area contributed by atoms with Crippen LogP contribution in [0.3, 0.4) is 0 Å². The third-order valence-corrected chi connectivity index (χ3v) is 3.96. The van der Waals surface area contributed by atoms with Crippen LogP contribution >= 0.6 is 11.8 Å². The summed E-state index contributed by atoms with van der Waals surface area (Å²) in [5, 5.41) is 4.18. The van der Waals surface area contributed by atoms with Crippen LogP contribution in [-0.2, 0) is 16.6 Å². The highest BCUT2D eigenvalue weighted by Gasteiger charge is 2.33. The van der Waals surface area contributed by atoms with Gasteiger partial charge in [-0.2, -0.15) is 0 Å². The normalized spacial score (nSPS) is 14.1. The molecule has 19 heavy (non-hydrogen) atoms. The number of aromatic nitrogens is 2. The third kappa shape index (κ3) is 4.54. The van der Waals surface area contributed by atoms with Gasteiger partial charge in [-0.3, -0.25) is 4.79 Å². The van der Waals surface area contributed by atoms with Crippen molar-refractivity contribution in [3.8, 4) is 0 Å². The van der Waals surface area contributed by atoms with Crippen molar-refractivity contribution in [2.24, 2.45) is 7.05 Å². The Labute approximate surface area is 119 Å². The van der Waals surface area contributed by atoms with E-state index in [2.05, 4.69) is 10.3 Å². The van der Waals surface area contributed by atoms with Crippen molar-refractivity contribution in [2.75, 3.05) is 18.9 Å². The standard InChI is InChI=1S/C13H23N3O2S/c1-5-15-13(3,11(17)18-6-2)7-10-19-12-14-8-9-16(12)4/h8-9,15H,5-7,10H2,1-4H3. The summed E-state index contributed by atoms with van der Waals surface area (Å²) in [4.78, 5) is 16.3. The molecule has 5 nitrogen and oxygen atoms in total. The molecule has 0 aliphatic rings. The zero-order valence-electron chi connectivity index (χ0n) is 12.1. The maximum atomic E-state index is 12.0. The fourth-order valence-corrected chi connectivity index (χ4v) is 2.87. The van der Waals surface area contributed by atoms with Crippen LogP contribution in [0.1, 0.15) is 27.2 Å². The number of nitrogens with zero attached hydrogens (tertiary/aromatic N) is 2. The maximum Gasteiger partial charge on any atom is 0.326 e. The number of hydrogen-bond donors (Lipinski definition) is 1. The monoisotopic (exact) mass is 285 g/mol. The smallest absolute Gasteiger partial charge is 0.326 e. The Morgan fingerprint density at radius 2 is 2.32 bits per heavy atom. The van der Waals surface area contributed by atoms with Crippen LogP contribution in [0.25, 0.3) is 0 Å². The van der Waals surface area contributed by atoms with Crippen molar-refractivity contribution < 1.29 is 9.53 Å². The molecule has 1 aromatic rings. The molecule has 1 atom stereocenters. The second-order valence-corrected chi connectivity index (χ2v) is 5.56.